The maximum absolute atomic E-state index is 13.5. The average molecular weight is 737 g/mol. The molecule has 0 aliphatic carbocycles. The van der Waals surface area contributed by atoms with Crippen molar-refractivity contribution >= 4 is 47.2 Å². The predicted octanol–water partition coefficient (Wildman–Crippen LogP) is 0.163. The molecule has 0 aromatic carbocycles. The molecule has 0 saturated carbocycles. The number of aromatic amines is 1. The van der Waals surface area contributed by atoms with Crippen LogP contribution in [0.5, 0.6) is 0 Å². The Labute approximate surface area is 293 Å². The molecule has 2 aromatic rings. The van der Waals surface area contributed by atoms with E-state index >= 15 is 0 Å². The Morgan fingerprint density at radius 2 is 1.53 bits per heavy atom. The molecular weight excluding hydrogens is 700 g/mol. The van der Waals surface area contributed by atoms with Crippen molar-refractivity contribution in [2.45, 2.75) is 107 Å². The highest BCUT2D eigenvalue weighted by atomic mass is 32.2. The number of nitrogens with zero attached hydrogens (tertiary/aromatic N) is 2. The number of hydrogen-bond donors (Lipinski definition) is 2. The molecule has 0 unspecified atom stereocenters. The van der Waals surface area contributed by atoms with Gasteiger partial charge in [-0.15, -0.1) is 0 Å². The Morgan fingerprint density at radius 1 is 0.882 bits per heavy atom. The summed E-state index contributed by atoms with van der Waals surface area (Å²) in [5, 5.41) is 3.00. The normalized spacial score (nSPS) is 29.3. The van der Waals surface area contributed by atoms with Crippen molar-refractivity contribution in [3.8, 4) is 0 Å². The summed E-state index contributed by atoms with van der Waals surface area (Å²) in [5.41, 5.74) is -2.23. The van der Waals surface area contributed by atoms with Crippen LogP contribution in [0.15, 0.2) is 45.2 Å². The van der Waals surface area contributed by atoms with Crippen LogP contribution in [0, 0.1) is 0 Å². The zero-order chi connectivity index (χ0) is 37.2. The Hall–Kier alpha value is -4.63. The Morgan fingerprint density at radius 3 is 2.14 bits per heavy atom. The molecule has 2 N–H and O–H groups in total. The summed E-state index contributed by atoms with van der Waals surface area (Å²) in [6, 6.07) is 4.18. The van der Waals surface area contributed by atoms with Crippen LogP contribution in [0.4, 0.5) is 5.69 Å². The number of H-pyrrole nitrogens is 1. The first kappa shape index (κ1) is 37.6. The molecule has 2 aromatic heterocycles. The van der Waals surface area contributed by atoms with E-state index in [4.69, 9.17) is 37.9 Å². The van der Waals surface area contributed by atoms with E-state index in [-0.39, 0.29) is 12.3 Å². The van der Waals surface area contributed by atoms with Crippen molar-refractivity contribution in [1.82, 2.24) is 14.5 Å². The number of aromatic nitrogens is 3. The molecule has 0 bridgehead atoms. The summed E-state index contributed by atoms with van der Waals surface area (Å²) in [6.45, 7) is 7.47. The van der Waals surface area contributed by atoms with Crippen molar-refractivity contribution in [3.05, 3.63) is 51.4 Å². The fourth-order valence-corrected chi connectivity index (χ4v) is 6.82. The van der Waals surface area contributed by atoms with E-state index in [1.807, 2.05) is 0 Å². The number of rotatable bonds is 10. The molecule has 0 spiro atoms. The van der Waals surface area contributed by atoms with Gasteiger partial charge in [0.05, 0.1) is 16.9 Å². The molecule has 5 rings (SSSR count). The highest BCUT2D eigenvalue weighted by Gasteiger charge is 2.58. The van der Waals surface area contributed by atoms with Gasteiger partial charge in [-0.3, -0.25) is 38.3 Å². The summed E-state index contributed by atoms with van der Waals surface area (Å²) in [7, 11) is 0. The zero-order valence-electron chi connectivity index (χ0n) is 28.2. The minimum absolute atomic E-state index is 0.244. The molecule has 51 heavy (non-hydrogen) atoms. The van der Waals surface area contributed by atoms with Crippen LogP contribution in [0.1, 0.15) is 47.8 Å². The van der Waals surface area contributed by atoms with Crippen LogP contribution >= 0.6 is 11.8 Å². The van der Waals surface area contributed by atoms with Crippen LogP contribution < -0.4 is 16.6 Å². The standard InChI is InChI=1S/C31H36N4O15S/c1-13(36)43-12-18-21(44-14(2)37)22(45-15(3)38)26(46-16(4)39)29(47-18)51-20-8-7-17(11-32-20)33-27(41)24-23-25(50-31(5,6)49-23)28(48-24)35-10-9-19(40)34-30(35)42/h7-11,18,21-26,28-29H,12H2,1-6H3,(H,33,41)(H,34,40,42)/t18-,21+,22+,23-,24+,25-,26-,28-,29+/m1/s1. The molecule has 3 aliphatic heterocycles. The SMILES string of the molecule is CC(=O)OC[C@H]1O[C@@H](Sc2ccc(NC(=O)[C@H]3O[C@@H](n4ccc(=O)[nH]c4=O)[C@@H]4OC(C)(C)O[C@@H]43)cn2)[C@H](OC(C)=O)[C@@H](OC(C)=O)[C@H]1OC(C)=O. The Bertz CT molecular complexity index is 1780. The van der Waals surface area contributed by atoms with Gasteiger partial charge in [0.2, 0.25) is 0 Å². The first-order valence-electron chi connectivity index (χ1n) is 15.6. The maximum Gasteiger partial charge on any atom is 0.330 e. The summed E-state index contributed by atoms with van der Waals surface area (Å²) < 4.78 is 46.5. The topological polar surface area (TPSA) is 239 Å². The quantitative estimate of drug-likeness (QED) is 0.244. The highest BCUT2D eigenvalue weighted by molar-refractivity contribution is 7.99. The number of pyridine rings is 1. The first-order chi connectivity index (χ1) is 24.0. The predicted molar refractivity (Wildman–Crippen MR) is 170 cm³/mol. The number of esters is 4. The maximum atomic E-state index is 13.5. The molecule has 20 heteroatoms. The second-order valence-electron chi connectivity index (χ2n) is 12.1. The van der Waals surface area contributed by atoms with Crippen LogP contribution in [0.3, 0.4) is 0 Å². The number of carbonyl (C=O) groups excluding carboxylic acids is 5. The van der Waals surface area contributed by atoms with E-state index in [0.717, 1.165) is 43.2 Å². The smallest absolute Gasteiger partial charge is 0.330 e. The molecule has 3 fully saturated rings. The molecule has 1 amide bonds. The number of anilines is 1. The monoisotopic (exact) mass is 736 g/mol. The molecule has 19 nitrogen and oxygen atoms in total. The van der Waals surface area contributed by atoms with E-state index in [9.17, 15) is 33.6 Å². The minimum Gasteiger partial charge on any atom is -0.463 e. The van der Waals surface area contributed by atoms with E-state index in [0.29, 0.717) is 5.03 Å². The third kappa shape index (κ3) is 9.00. The fraction of sp³-hybridized carbons (Fsp3) is 0.548. The van der Waals surface area contributed by atoms with Crippen LogP contribution in [-0.4, -0.2) is 105 Å². The molecule has 0 radical (unpaired) electrons. The van der Waals surface area contributed by atoms with Gasteiger partial charge < -0.3 is 43.2 Å². The van der Waals surface area contributed by atoms with Crippen molar-refractivity contribution in [2.24, 2.45) is 0 Å². The summed E-state index contributed by atoms with van der Waals surface area (Å²) >= 11 is 0.956. The van der Waals surface area contributed by atoms with Crippen molar-refractivity contribution in [3.63, 3.8) is 0 Å². The third-order valence-corrected chi connectivity index (χ3v) is 8.70. The molecule has 3 saturated heterocycles. The number of fused-ring (bicyclic) bond motifs is 1. The van der Waals surface area contributed by atoms with Crippen LogP contribution in [0.25, 0.3) is 0 Å². The Balaban J connectivity index is 1.34. The second-order valence-corrected chi connectivity index (χ2v) is 13.2. The van der Waals surface area contributed by atoms with E-state index < -0.39 is 101 Å². The lowest BCUT2D eigenvalue weighted by atomic mass is 9.99. The Kier molecular flexibility index (Phi) is 11.3. The van der Waals surface area contributed by atoms with E-state index in [1.54, 1.807) is 13.8 Å². The highest BCUT2D eigenvalue weighted by Crippen LogP contribution is 2.43. The van der Waals surface area contributed by atoms with Gasteiger partial charge in [-0.25, -0.2) is 9.78 Å². The van der Waals surface area contributed by atoms with Crippen molar-refractivity contribution in [2.75, 3.05) is 11.9 Å². The van der Waals surface area contributed by atoms with Gasteiger partial charge in [0.25, 0.3) is 11.5 Å². The van der Waals surface area contributed by atoms with Gasteiger partial charge in [0, 0.05) is 40.0 Å². The summed E-state index contributed by atoms with van der Waals surface area (Å²) in [6.07, 6.45) is -6.61. The van der Waals surface area contributed by atoms with Gasteiger partial charge in [0.15, 0.2) is 41.9 Å². The third-order valence-electron chi connectivity index (χ3n) is 7.60. The zero-order valence-corrected chi connectivity index (χ0v) is 29.0. The van der Waals surface area contributed by atoms with Gasteiger partial charge in [-0.2, -0.15) is 0 Å². The lowest BCUT2D eigenvalue weighted by Gasteiger charge is -2.44. The molecule has 9 atom stereocenters. The fourth-order valence-electron chi connectivity index (χ4n) is 5.78. The number of thioether (sulfide) groups is 1. The number of ether oxygens (including phenoxy) is 8. The second kappa shape index (κ2) is 15.3. The van der Waals surface area contributed by atoms with E-state index in [2.05, 4.69) is 15.3 Å². The molecule has 276 valence electrons. The average Bonchev–Trinajstić information content (AvgIpc) is 3.52. The first-order valence-corrected chi connectivity index (χ1v) is 16.5. The van der Waals surface area contributed by atoms with Gasteiger partial charge in [0.1, 0.15) is 24.9 Å². The van der Waals surface area contributed by atoms with E-state index in [1.165, 1.54) is 31.5 Å². The lowest BCUT2D eigenvalue weighted by molar-refractivity contribution is -0.237. The summed E-state index contributed by atoms with van der Waals surface area (Å²) in [4.78, 5) is 92.0. The molecule has 3 aliphatic rings. The lowest BCUT2D eigenvalue weighted by Crippen LogP contribution is -2.61. The number of amides is 1. The molecule has 5 heterocycles. The number of hydrogen-bond acceptors (Lipinski definition) is 17. The van der Waals surface area contributed by atoms with Gasteiger partial charge in [-0.1, -0.05) is 11.8 Å². The number of nitrogens with one attached hydrogen (secondary N) is 2. The minimum atomic E-state index is -1.35. The summed E-state index contributed by atoms with van der Waals surface area (Å²) in [5.74, 6) is -4.65. The van der Waals surface area contributed by atoms with Crippen LogP contribution in [-0.2, 0) is 61.9 Å². The van der Waals surface area contributed by atoms with Crippen molar-refractivity contribution in [1.29, 1.82) is 0 Å². The van der Waals surface area contributed by atoms with Gasteiger partial charge >= 0.3 is 29.6 Å². The molecular formula is C31H36N4O15S. The van der Waals surface area contributed by atoms with Crippen molar-refractivity contribution < 1.29 is 61.9 Å². The number of carbonyl (C=O) groups is 5. The van der Waals surface area contributed by atoms with Crippen LogP contribution in [0.2, 0.25) is 0 Å². The van der Waals surface area contributed by atoms with Gasteiger partial charge in [-0.05, 0) is 26.0 Å². The largest absolute Gasteiger partial charge is 0.463 e.